The standard InChI is InChI=1S/C10H11FN2O7S/c1-10(16,9(14)15)5-12-21(19,20)6-2-3-7(11)8(4-6)13(17)18/h2-4,12,16H,5H2,1H3,(H,14,15). The van der Waals surface area contributed by atoms with Gasteiger partial charge in [0, 0.05) is 6.07 Å². The maximum Gasteiger partial charge on any atom is 0.336 e. The zero-order valence-corrected chi connectivity index (χ0v) is 11.4. The summed E-state index contributed by atoms with van der Waals surface area (Å²) in [5, 5.41) is 28.6. The van der Waals surface area contributed by atoms with Crippen LogP contribution in [-0.4, -0.2) is 41.7 Å². The van der Waals surface area contributed by atoms with Crippen LogP contribution in [0.15, 0.2) is 23.1 Å². The summed E-state index contributed by atoms with van der Waals surface area (Å²) in [6.07, 6.45) is 0. The normalized spacial score (nSPS) is 14.4. The molecule has 0 saturated carbocycles. The van der Waals surface area contributed by atoms with Gasteiger partial charge in [0.2, 0.25) is 15.8 Å². The first-order valence-electron chi connectivity index (χ1n) is 5.37. The Kier molecular flexibility index (Phi) is 4.61. The molecule has 9 nitrogen and oxygen atoms in total. The number of rotatable bonds is 6. The summed E-state index contributed by atoms with van der Waals surface area (Å²) in [6.45, 7) is 0.000799. The summed E-state index contributed by atoms with van der Waals surface area (Å²) in [4.78, 5) is 19.5. The topological polar surface area (TPSA) is 147 Å². The van der Waals surface area contributed by atoms with Gasteiger partial charge in [0.1, 0.15) is 0 Å². The third-order valence-electron chi connectivity index (χ3n) is 2.49. The Morgan fingerprint density at radius 2 is 2.10 bits per heavy atom. The van der Waals surface area contributed by atoms with Gasteiger partial charge in [-0.1, -0.05) is 0 Å². The molecule has 3 N–H and O–H groups in total. The van der Waals surface area contributed by atoms with Gasteiger partial charge in [-0.25, -0.2) is 17.9 Å². The van der Waals surface area contributed by atoms with E-state index in [4.69, 9.17) is 5.11 Å². The molecular formula is C10H11FN2O7S. The lowest BCUT2D eigenvalue weighted by Crippen LogP contribution is -2.46. The molecule has 21 heavy (non-hydrogen) atoms. The highest BCUT2D eigenvalue weighted by Crippen LogP contribution is 2.21. The zero-order valence-electron chi connectivity index (χ0n) is 10.6. The van der Waals surface area contributed by atoms with Crippen LogP contribution in [0.2, 0.25) is 0 Å². The van der Waals surface area contributed by atoms with Crippen molar-refractivity contribution in [1.82, 2.24) is 4.72 Å². The average Bonchev–Trinajstić information content (AvgIpc) is 2.36. The van der Waals surface area contributed by atoms with E-state index in [0.29, 0.717) is 12.1 Å². The van der Waals surface area contributed by atoms with E-state index < -0.39 is 49.5 Å². The summed E-state index contributed by atoms with van der Waals surface area (Å²) >= 11 is 0. The van der Waals surface area contributed by atoms with Gasteiger partial charge in [0.05, 0.1) is 16.4 Å². The fraction of sp³-hybridized carbons (Fsp3) is 0.300. The van der Waals surface area contributed by atoms with Gasteiger partial charge >= 0.3 is 11.7 Å². The highest BCUT2D eigenvalue weighted by Gasteiger charge is 2.32. The Hall–Kier alpha value is -2.11. The zero-order chi connectivity index (χ0) is 16.4. The first-order chi connectivity index (χ1) is 9.47. The molecule has 1 aromatic rings. The number of aliphatic hydroxyl groups is 1. The SMILES string of the molecule is CC(O)(CNS(=O)(=O)c1ccc(F)c([N+](=O)[O-])c1)C(=O)O. The van der Waals surface area contributed by atoms with Crippen molar-refractivity contribution in [2.75, 3.05) is 6.54 Å². The van der Waals surface area contributed by atoms with Crippen LogP contribution in [0.3, 0.4) is 0 Å². The van der Waals surface area contributed by atoms with Gasteiger partial charge in [-0.3, -0.25) is 10.1 Å². The van der Waals surface area contributed by atoms with E-state index in [0.717, 1.165) is 13.0 Å². The van der Waals surface area contributed by atoms with E-state index >= 15 is 0 Å². The molecule has 0 heterocycles. The first-order valence-corrected chi connectivity index (χ1v) is 6.85. The number of hydrogen-bond donors (Lipinski definition) is 3. The molecule has 11 heteroatoms. The van der Waals surface area contributed by atoms with Crippen molar-refractivity contribution in [3.63, 3.8) is 0 Å². The smallest absolute Gasteiger partial charge is 0.336 e. The van der Waals surface area contributed by atoms with Gasteiger partial charge in [-0.2, -0.15) is 4.39 Å². The first kappa shape index (κ1) is 16.9. The third kappa shape index (κ3) is 3.93. The van der Waals surface area contributed by atoms with Crippen molar-refractivity contribution in [2.24, 2.45) is 0 Å². The predicted octanol–water partition coefficient (Wildman–Crippen LogP) is -0.152. The molecule has 0 aliphatic carbocycles. The maximum atomic E-state index is 13.1. The maximum absolute atomic E-state index is 13.1. The van der Waals surface area contributed by atoms with E-state index in [2.05, 4.69) is 0 Å². The van der Waals surface area contributed by atoms with E-state index in [9.17, 15) is 32.8 Å². The molecule has 0 spiro atoms. The molecule has 0 fully saturated rings. The summed E-state index contributed by atoms with van der Waals surface area (Å²) in [5.74, 6) is -2.87. The molecule has 0 aromatic heterocycles. The number of carbonyl (C=O) groups is 1. The second kappa shape index (κ2) is 5.71. The van der Waals surface area contributed by atoms with Crippen LogP contribution in [0.4, 0.5) is 10.1 Å². The van der Waals surface area contributed by atoms with Crippen LogP contribution < -0.4 is 4.72 Å². The van der Waals surface area contributed by atoms with E-state index in [1.54, 1.807) is 4.72 Å². The average molecular weight is 322 g/mol. The summed E-state index contributed by atoms with van der Waals surface area (Å²) in [6, 6.07) is 1.87. The predicted molar refractivity (Wildman–Crippen MR) is 66.5 cm³/mol. The van der Waals surface area contributed by atoms with Gasteiger partial charge in [0.15, 0.2) is 5.60 Å². The van der Waals surface area contributed by atoms with Crippen molar-refractivity contribution in [2.45, 2.75) is 17.4 Å². The Bertz CT molecular complexity index is 687. The molecule has 0 aliphatic rings. The quantitative estimate of drug-likeness (QED) is 0.487. The second-order valence-corrected chi connectivity index (χ2v) is 6.04. The molecule has 0 radical (unpaired) electrons. The van der Waals surface area contributed by atoms with Gasteiger partial charge in [-0.15, -0.1) is 0 Å². The molecule has 1 atom stereocenters. The number of carboxylic acid groups (broad SMARTS) is 1. The van der Waals surface area contributed by atoms with Crippen molar-refractivity contribution < 1.29 is 32.7 Å². The number of nitrogens with one attached hydrogen (secondary N) is 1. The molecule has 0 saturated heterocycles. The number of hydrogen-bond acceptors (Lipinski definition) is 6. The lowest BCUT2D eigenvalue weighted by Gasteiger charge is -2.18. The van der Waals surface area contributed by atoms with Crippen LogP contribution in [0.5, 0.6) is 0 Å². The largest absolute Gasteiger partial charge is 0.479 e. The highest BCUT2D eigenvalue weighted by molar-refractivity contribution is 7.89. The van der Waals surface area contributed by atoms with E-state index in [-0.39, 0.29) is 0 Å². The monoisotopic (exact) mass is 322 g/mol. The molecule has 0 amide bonds. The number of carboxylic acids is 1. The second-order valence-electron chi connectivity index (χ2n) is 4.27. The molecule has 116 valence electrons. The van der Waals surface area contributed by atoms with Gasteiger partial charge in [-0.05, 0) is 19.1 Å². The van der Waals surface area contributed by atoms with Crippen LogP contribution in [-0.2, 0) is 14.8 Å². The molecular weight excluding hydrogens is 311 g/mol. The van der Waals surface area contributed by atoms with Crippen LogP contribution in [0.25, 0.3) is 0 Å². The Balaban J connectivity index is 3.07. The van der Waals surface area contributed by atoms with Gasteiger partial charge < -0.3 is 10.2 Å². The number of aliphatic carboxylic acids is 1. The molecule has 1 unspecified atom stereocenters. The number of nitro groups is 1. The molecule has 1 aromatic carbocycles. The lowest BCUT2D eigenvalue weighted by atomic mass is 10.1. The van der Waals surface area contributed by atoms with Crippen LogP contribution in [0, 0.1) is 15.9 Å². The Morgan fingerprint density at radius 1 is 1.52 bits per heavy atom. The Morgan fingerprint density at radius 3 is 2.57 bits per heavy atom. The highest BCUT2D eigenvalue weighted by atomic mass is 32.2. The number of halogens is 1. The number of benzene rings is 1. The van der Waals surface area contributed by atoms with Crippen molar-refractivity contribution >= 4 is 21.7 Å². The van der Waals surface area contributed by atoms with Crippen molar-refractivity contribution in [3.8, 4) is 0 Å². The third-order valence-corrected chi connectivity index (χ3v) is 3.89. The van der Waals surface area contributed by atoms with Crippen molar-refractivity contribution in [1.29, 1.82) is 0 Å². The number of nitro benzene ring substituents is 1. The molecule has 1 rings (SSSR count). The van der Waals surface area contributed by atoms with E-state index in [1.165, 1.54) is 0 Å². The lowest BCUT2D eigenvalue weighted by molar-refractivity contribution is -0.387. The fourth-order valence-electron chi connectivity index (χ4n) is 1.19. The summed E-state index contributed by atoms with van der Waals surface area (Å²) in [7, 11) is -4.34. The summed E-state index contributed by atoms with van der Waals surface area (Å²) < 4.78 is 38.5. The Labute approximate surface area is 118 Å². The number of nitrogens with zero attached hydrogens (tertiary/aromatic N) is 1. The minimum Gasteiger partial charge on any atom is -0.479 e. The van der Waals surface area contributed by atoms with Gasteiger partial charge in [0.25, 0.3) is 0 Å². The van der Waals surface area contributed by atoms with Crippen molar-refractivity contribution in [3.05, 3.63) is 34.1 Å². The minimum atomic E-state index is -4.34. The van der Waals surface area contributed by atoms with Crippen LogP contribution in [0.1, 0.15) is 6.92 Å². The molecule has 0 bridgehead atoms. The van der Waals surface area contributed by atoms with Crippen LogP contribution >= 0.6 is 0 Å². The van der Waals surface area contributed by atoms with E-state index in [1.807, 2.05) is 0 Å². The molecule has 0 aliphatic heterocycles. The minimum absolute atomic E-state index is 0.493. The number of sulfonamides is 1. The summed E-state index contributed by atoms with van der Waals surface area (Å²) in [5.41, 5.74) is -3.40. The fourth-order valence-corrected chi connectivity index (χ4v) is 2.35.